The number of anilines is 2. The third-order valence-corrected chi connectivity index (χ3v) is 4.35. The predicted molar refractivity (Wildman–Crippen MR) is 82.1 cm³/mol. The highest BCUT2D eigenvalue weighted by Gasteiger charge is 2.20. The number of nitrogens with two attached hydrogens (primary N) is 1. The summed E-state index contributed by atoms with van der Waals surface area (Å²) in [4.78, 5) is 2.31. The van der Waals surface area contributed by atoms with Crippen LogP contribution in [0, 0.1) is 0 Å². The molecule has 0 bridgehead atoms. The fourth-order valence-corrected chi connectivity index (χ4v) is 2.91. The number of hydrogen-bond acceptors (Lipinski definition) is 2. The van der Waals surface area contributed by atoms with Gasteiger partial charge in [0.2, 0.25) is 0 Å². The van der Waals surface area contributed by atoms with Crippen molar-refractivity contribution >= 4 is 34.6 Å². The number of nitrogen functional groups attached to an aromatic ring is 1. The van der Waals surface area contributed by atoms with Gasteiger partial charge in [-0.3, -0.25) is 0 Å². The van der Waals surface area contributed by atoms with Crippen LogP contribution in [-0.2, 0) is 13.0 Å². The lowest BCUT2D eigenvalue weighted by Gasteiger charge is -2.20. The van der Waals surface area contributed by atoms with Crippen LogP contribution in [0.5, 0.6) is 0 Å². The first-order valence-corrected chi connectivity index (χ1v) is 6.97. The van der Waals surface area contributed by atoms with E-state index in [2.05, 4.69) is 17.0 Å². The highest BCUT2D eigenvalue weighted by atomic mass is 35.5. The monoisotopic (exact) mass is 292 g/mol. The van der Waals surface area contributed by atoms with E-state index < -0.39 is 0 Å². The molecule has 3 rings (SSSR count). The zero-order chi connectivity index (χ0) is 13.4. The second-order valence-corrected chi connectivity index (χ2v) is 5.56. The Morgan fingerprint density at radius 1 is 1.16 bits per heavy atom. The van der Waals surface area contributed by atoms with Crippen LogP contribution >= 0.6 is 23.2 Å². The molecule has 0 saturated heterocycles. The Labute approximate surface area is 122 Å². The van der Waals surface area contributed by atoms with Crippen molar-refractivity contribution in [1.29, 1.82) is 0 Å². The Morgan fingerprint density at radius 2 is 2.00 bits per heavy atom. The van der Waals surface area contributed by atoms with Crippen molar-refractivity contribution in [3.05, 3.63) is 57.6 Å². The van der Waals surface area contributed by atoms with Gasteiger partial charge in [-0.2, -0.15) is 0 Å². The van der Waals surface area contributed by atoms with Gasteiger partial charge in [0.15, 0.2) is 0 Å². The van der Waals surface area contributed by atoms with Gasteiger partial charge in [0.25, 0.3) is 0 Å². The van der Waals surface area contributed by atoms with E-state index in [9.17, 15) is 0 Å². The summed E-state index contributed by atoms with van der Waals surface area (Å²) in [7, 11) is 0. The smallest absolute Gasteiger partial charge is 0.0642 e. The van der Waals surface area contributed by atoms with E-state index in [0.29, 0.717) is 10.0 Å². The Balaban J connectivity index is 1.89. The maximum atomic E-state index is 6.25. The van der Waals surface area contributed by atoms with Crippen LogP contribution in [0.1, 0.15) is 11.1 Å². The first-order valence-electron chi connectivity index (χ1n) is 6.21. The Morgan fingerprint density at radius 3 is 2.84 bits per heavy atom. The SMILES string of the molecule is Nc1ccc2c(c1)CCN2Cc1cccc(Cl)c1Cl. The summed E-state index contributed by atoms with van der Waals surface area (Å²) in [5, 5.41) is 1.25. The van der Waals surface area contributed by atoms with Gasteiger partial charge < -0.3 is 10.6 Å². The third kappa shape index (κ3) is 2.38. The van der Waals surface area contributed by atoms with E-state index in [1.54, 1.807) is 0 Å². The van der Waals surface area contributed by atoms with Gasteiger partial charge in [0.05, 0.1) is 10.0 Å². The molecule has 0 amide bonds. The fraction of sp³-hybridized carbons (Fsp3) is 0.200. The summed E-state index contributed by atoms with van der Waals surface area (Å²) in [5.41, 5.74) is 10.2. The van der Waals surface area contributed by atoms with E-state index in [1.807, 2.05) is 24.3 Å². The van der Waals surface area contributed by atoms with Gasteiger partial charge in [-0.15, -0.1) is 0 Å². The molecular formula is C15H14Cl2N2. The van der Waals surface area contributed by atoms with Crippen molar-refractivity contribution < 1.29 is 0 Å². The van der Waals surface area contributed by atoms with Crippen molar-refractivity contribution in [2.24, 2.45) is 0 Å². The summed E-state index contributed by atoms with van der Waals surface area (Å²) >= 11 is 12.3. The number of rotatable bonds is 2. The molecule has 0 radical (unpaired) electrons. The van der Waals surface area contributed by atoms with Crippen LogP contribution in [0.2, 0.25) is 10.0 Å². The molecule has 1 aliphatic heterocycles. The molecule has 0 aliphatic carbocycles. The lowest BCUT2D eigenvalue weighted by atomic mass is 10.1. The zero-order valence-electron chi connectivity index (χ0n) is 10.4. The quantitative estimate of drug-likeness (QED) is 0.843. The summed E-state index contributed by atoms with van der Waals surface area (Å²) in [5.74, 6) is 0. The molecule has 0 fully saturated rings. The van der Waals surface area contributed by atoms with E-state index in [4.69, 9.17) is 28.9 Å². The molecule has 98 valence electrons. The topological polar surface area (TPSA) is 29.3 Å². The minimum atomic E-state index is 0.607. The molecule has 4 heteroatoms. The predicted octanol–water partition coefficient (Wildman–Crippen LogP) is 4.14. The second-order valence-electron chi connectivity index (χ2n) is 4.77. The minimum Gasteiger partial charge on any atom is -0.399 e. The van der Waals surface area contributed by atoms with Crippen LogP contribution in [0.4, 0.5) is 11.4 Å². The normalized spacial score (nSPS) is 13.7. The largest absolute Gasteiger partial charge is 0.399 e. The standard InChI is InChI=1S/C15H14Cl2N2/c16-13-3-1-2-11(15(13)17)9-19-7-6-10-8-12(18)4-5-14(10)19/h1-5,8H,6-7,9,18H2. The van der Waals surface area contributed by atoms with Gasteiger partial charge in [-0.1, -0.05) is 35.3 Å². The average Bonchev–Trinajstić information content (AvgIpc) is 2.77. The highest BCUT2D eigenvalue weighted by Crippen LogP contribution is 2.33. The second kappa shape index (κ2) is 4.95. The summed E-state index contributed by atoms with van der Waals surface area (Å²) in [6.07, 6.45) is 1.03. The molecule has 19 heavy (non-hydrogen) atoms. The van der Waals surface area contributed by atoms with Crippen molar-refractivity contribution in [2.45, 2.75) is 13.0 Å². The number of fused-ring (bicyclic) bond motifs is 1. The lowest BCUT2D eigenvalue weighted by Crippen LogP contribution is -2.19. The first kappa shape index (κ1) is 12.6. The molecule has 0 unspecified atom stereocenters. The summed E-state index contributed by atoms with van der Waals surface area (Å²) < 4.78 is 0. The Kier molecular flexibility index (Phi) is 3.29. The van der Waals surface area contributed by atoms with E-state index >= 15 is 0 Å². The molecule has 0 saturated carbocycles. The van der Waals surface area contributed by atoms with Crippen LogP contribution in [-0.4, -0.2) is 6.54 Å². The summed E-state index contributed by atoms with van der Waals surface area (Å²) in [6, 6.07) is 11.8. The van der Waals surface area contributed by atoms with Gasteiger partial charge >= 0.3 is 0 Å². The third-order valence-electron chi connectivity index (χ3n) is 3.49. The maximum Gasteiger partial charge on any atom is 0.0642 e. The summed E-state index contributed by atoms with van der Waals surface area (Å²) in [6.45, 7) is 1.76. The molecule has 1 heterocycles. The van der Waals surface area contributed by atoms with Crippen LogP contribution in [0.25, 0.3) is 0 Å². The molecule has 0 aromatic heterocycles. The van der Waals surface area contributed by atoms with Crippen LogP contribution in [0.15, 0.2) is 36.4 Å². The van der Waals surface area contributed by atoms with Crippen molar-refractivity contribution in [1.82, 2.24) is 0 Å². The van der Waals surface area contributed by atoms with Crippen molar-refractivity contribution in [2.75, 3.05) is 17.2 Å². The molecule has 1 aliphatic rings. The first-order chi connectivity index (χ1) is 9.15. The molecule has 2 N–H and O–H groups in total. The Hall–Kier alpha value is -1.38. The highest BCUT2D eigenvalue weighted by molar-refractivity contribution is 6.42. The number of benzene rings is 2. The van der Waals surface area contributed by atoms with E-state index in [1.165, 1.54) is 11.3 Å². The zero-order valence-corrected chi connectivity index (χ0v) is 11.9. The molecular weight excluding hydrogens is 279 g/mol. The van der Waals surface area contributed by atoms with Gasteiger partial charge in [0, 0.05) is 24.5 Å². The number of hydrogen-bond donors (Lipinski definition) is 1. The van der Waals surface area contributed by atoms with Gasteiger partial charge in [-0.05, 0) is 41.8 Å². The van der Waals surface area contributed by atoms with E-state index in [-0.39, 0.29) is 0 Å². The average molecular weight is 293 g/mol. The number of halogens is 2. The molecule has 0 spiro atoms. The van der Waals surface area contributed by atoms with Gasteiger partial charge in [-0.25, -0.2) is 0 Å². The van der Waals surface area contributed by atoms with Crippen LogP contribution in [0.3, 0.4) is 0 Å². The minimum absolute atomic E-state index is 0.607. The van der Waals surface area contributed by atoms with Crippen molar-refractivity contribution in [3.8, 4) is 0 Å². The molecule has 0 atom stereocenters. The molecule has 2 aromatic rings. The molecule has 2 aromatic carbocycles. The van der Waals surface area contributed by atoms with Crippen molar-refractivity contribution in [3.63, 3.8) is 0 Å². The Bertz CT molecular complexity index is 626. The fourth-order valence-electron chi connectivity index (χ4n) is 2.53. The number of nitrogens with zero attached hydrogens (tertiary/aromatic N) is 1. The molecule has 2 nitrogen and oxygen atoms in total. The van der Waals surface area contributed by atoms with Crippen LogP contribution < -0.4 is 10.6 Å². The maximum absolute atomic E-state index is 6.25. The van der Waals surface area contributed by atoms with Gasteiger partial charge in [0.1, 0.15) is 0 Å². The lowest BCUT2D eigenvalue weighted by molar-refractivity contribution is 0.836. The van der Waals surface area contributed by atoms with E-state index in [0.717, 1.165) is 30.8 Å².